The smallest absolute Gasteiger partial charge is 0.336 e. The number of carboxylic acid groups (broad SMARTS) is 1. The van der Waals surface area contributed by atoms with Crippen molar-refractivity contribution < 1.29 is 9.90 Å². The fourth-order valence-corrected chi connectivity index (χ4v) is 2.90. The van der Waals surface area contributed by atoms with E-state index in [1.165, 1.54) is 11.8 Å². The highest BCUT2D eigenvalue weighted by Crippen LogP contribution is 2.26. The number of thioether (sulfide) groups is 1. The molecule has 0 spiro atoms. The van der Waals surface area contributed by atoms with Crippen LogP contribution in [0.25, 0.3) is 11.0 Å². The fourth-order valence-electron chi connectivity index (χ4n) is 1.99. The molecule has 0 fully saturated rings. The number of benzene rings is 2. The number of nitrogens with zero attached hydrogens (tertiary/aromatic N) is 1. The van der Waals surface area contributed by atoms with Crippen molar-refractivity contribution in [3.8, 4) is 0 Å². The minimum atomic E-state index is -0.905. The SMILES string of the molecule is O=C(O)c1ccccc1SCc1nc2ccccc2[nH]1. The van der Waals surface area contributed by atoms with E-state index in [4.69, 9.17) is 5.11 Å². The Balaban J connectivity index is 1.81. The Morgan fingerprint density at radius 2 is 1.90 bits per heavy atom. The Morgan fingerprint density at radius 3 is 2.70 bits per heavy atom. The molecule has 2 aromatic carbocycles. The molecule has 0 amide bonds. The van der Waals surface area contributed by atoms with Crippen LogP contribution in [-0.4, -0.2) is 21.0 Å². The molecule has 0 aliphatic rings. The summed E-state index contributed by atoms with van der Waals surface area (Å²) in [6.45, 7) is 0. The van der Waals surface area contributed by atoms with E-state index in [1.54, 1.807) is 12.1 Å². The lowest BCUT2D eigenvalue weighted by Gasteiger charge is -2.03. The van der Waals surface area contributed by atoms with Crippen LogP contribution in [0.2, 0.25) is 0 Å². The van der Waals surface area contributed by atoms with Crippen molar-refractivity contribution in [2.75, 3.05) is 0 Å². The van der Waals surface area contributed by atoms with Gasteiger partial charge in [-0.15, -0.1) is 11.8 Å². The standard InChI is InChI=1S/C15H12N2O2S/c18-15(19)10-5-1-4-8-13(10)20-9-14-16-11-6-2-3-7-12(11)17-14/h1-8H,9H2,(H,16,17)(H,18,19). The van der Waals surface area contributed by atoms with Gasteiger partial charge in [-0.25, -0.2) is 9.78 Å². The summed E-state index contributed by atoms with van der Waals surface area (Å²) >= 11 is 1.47. The third-order valence-corrected chi connectivity index (χ3v) is 4.01. The molecule has 0 radical (unpaired) electrons. The Kier molecular flexibility index (Phi) is 3.43. The van der Waals surface area contributed by atoms with E-state index in [9.17, 15) is 4.79 Å². The molecule has 0 saturated carbocycles. The van der Waals surface area contributed by atoms with Crippen LogP contribution >= 0.6 is 11.8 Å². The van der Waals surface area contributed by atoms with Gasteiger partial charge in [0.2, 0.25) is 0 Å². The number of aromatic amines is 1. The second-order valence-electron chi connectivity index (χ2n) is 4.29. The van der Waals surface area contributed by atoms with E-state index in [0.29, 0.717) is 11.3 Å². The van der Waals surface area contributed by atoms with Crippen LogP contribution in [0.1, 0.15) is 16.2 Å². The molecule has 0 aliphatic carbocycles. The van der Waals surface area contributed by atoms with Crippen LogP contribution in [0.5, 0.6) is 0 Å². The van der Waals surface area contributed by atoms with Gasteiger partial charge in [-0.05, 0) is 24.3 Å². The molecule has 4 nitrogen and oxygen atoms in total. The molecule has 3 rings (SSSR count). The zero-order valence-corrected chi connectivity index (χ0v) is 11.4. The van der Waals surface area contributed by atoms with E-state index in [-0.39, 0.29) is 0 Å². The lowest BCUT2D eigenvalue weighted by Crippen LogP contribution is -1.98. The predicted octanol–water partition coefficient (Wildman–Crippen LogP) is 3.55. The third-order valence-electron chi connectivity index (χ3n) is 2.92. The maximum atomic E-state index is 11.1. The third kappa shape index (κ3) is 2.53. The summed E-state index contributed by atoms with van der Waals surface area (Å²) in [6, 6.07) is 14.8. The van der Waals surface area contributed by atoms with E-state index < -0.39 is 5.97 Å². The average molecular weight is 284 g/mol. The van der Waals surface area contributed by atoms with Gasteiger partial charge >= 0.3 is 5.97 Å². The zero-order chi connectivity index (χ0) is 13.9. The van der Waals surface area contributed by atoms with Gasteiger partial charge in [0, 0.05) is 4.90 Å². The molecule has 20 heavy (non-hydrogen) atoms. The molecule has 1 heterocycles. The van der Waals surface area contributed by atoms with Crippen LogP contribution in [0, 0.1) is 0 Å². The highest BCUT2D eigenvalue weighted by atomic mass is 32.2. The van der Waals surface area contributed by atoms with Gasteiger partial charge in [0.1, 0.15) is 5.82 Å². The highest BCUT2D eigenvalue weighted by molar-refractivity contribution is 7.98. The number of aromatic nitrogens is 2. The van der Waals surface area contributed by atoms with Crippen LogP contribution in [0.3, 0.4) is 0 Å². The molecule has 3 aromatic rings. The minimum Gasteiger partial charge on any atom is -0.478 e. The van der Waals surface area contributed by atoms with Gasteiger partial charge in [-0.3, -0.25) is 0 Å². The zero-order valence-electron chi connectivity index (χ0n) is 10.5. The van der Waals surface area contributed by atoms with E-state index >= 15 is 0 Å². The minimum absolute atomic E-state index is 0.327. The number of imidazole rings is 1. The predicted molar refractivity (Wildman–Crippen MR) is 79.1 cm³/mol. The number of H-pyrrole nitrogens is 1. The maximum Gasteiger partial charge on any atom is 0.336 e. The molecule has 5 heteroatoms. The number of nitrogens with one attached hydrogen (secondary N) is 1. The first-order valence-corrected chi connectivity index (χ1v) is 7.11. The largest absolute Gasteiger partial charge is 0.478 e. The number of fused-ring (bicyclic) bond motifs is 1. The molecule has 0 unspecified atom stereocenters. The fraction of sp³-hybridized carbons (Fsp3) is 0.0667. The molecule has 0 saturated heterocycles. The van der Waals surface area contributed by atoms with Crippen molar-refractivity contribution in [1.29, 1.82) is 0 Å². The van der Waals surface area contributed by atoms with Gasteiger partial charge in [-0.2, -0.15) is 0 Å². The van der Waals surface area contributed by atoms with Crippen molar-refractivity contribution in [3.63, 3.8) is 0 Å². The van der Waals surface area contributed by atoms with E-state index in [1.807, 2.05) is 36.4 Å². The van der Waals surface area contributed by atoms with Crippen molar-refractivity contribution in [2.24, 2.45) is 0 Å². The van der Waals surface area contributed by atoms with Crippen molar-refractivity contribution in [2.45, 2.75) is 10.6 Å². The van der Waals surface area contributed by atoms with Gasteiger partial charge in [-0.1, -0.05) is 24.3 Å². The molecule has 0 bridgehead atoms. The van der Waals surface area contributed by atoms with Crippen molar-refractivity contribution in [1.82, 2.24) is 9.97 Å². The van der Waals surface area contributed by atoms with Crippen LogP contribution in [0.15, 0.2) is 53.4 Å². The Hall–Kier alpha value is -2.27. The first-order valence-electron chi connectivity index (χ1n) is 6.13. The lowest BCUT2D eigenvalue weighted by molar-refractivity contribution is 0.0693. The molecule has 0 atom stereocenters. The summed E-state index contributed by atoms with van der Waals surface area (Å²) in [6.07, 6.45) is 0. The molecule has 2 N–H and O–H groups in total. The van der Waals surface area contributed by atoms with Crippen molar-refractivity contribution >= 4 is 28.8 Å². The van der Waals surface area contributed by atoms with Gasteiger partial charge in [0.25, 0.3) is 0 Å². The maximum absolute atomic E-state index is 11.1. The van der Waals surface area contributed by atoms with Crippen LogP contribution in [0.4, 0.5) is 0 Å². The van der Waals surface area contributed by atoms with Crippen LogP contribution in [-0.2, 0) is 5.75 Å². The molecule has 0 aliphatic heterocycles. The molecule has 1 aromatic heterocycles. The number of hydrogen-bond donors (Lipinski definition) is 2. The Morgan fingerprint density at radius 1 is 1.15 bits per heavy atom. The Bertz CT molecular complexity index is 734. The van der Waals surface area contributed by atoms with E-state index in [2.05, 4.69) is 9.97 Å². The lowest BCUT2D eigenvalue weighted by atomic mass is 10.2. The second kappa shape index (κ2) is 5.38. The summed E-state index contributed by atoms with van der Waals surface area (Å²) in [5.41, 5.74) is 2.25. The molecule has 100 valence electrons. The quantitative estimate of drug-likeness (QED) is 0.719. The number of carbonyl (C=O) groups is 1. The summed E-state index contributed by atoms with van der Waals surface area (Å²) in [4.78, 5) is 19.6. The summed E-state index contributed by atoms with van der Waals surface area (Å²) in [7, 11) is 0. The van der Waals surface area contributed by atoms with Gasteiger partial charge in [0.15, 0.2) is 0 Å². The first-order chi connectivity index (χ1) is 9.74. The van der Waals surface area contributed by atoms with E-state index in [0.717, 1.165) is 21.8 Å². The van der Waals surface area contributed by atoms with Crippen LogP contribution < -0.4 is 0 Å². The number of para-hydroxylation sites is 2. The first kappa shape index (κ1) is 12.7. The normalized spacial score (nSPS) is 10.8. The number of carboxylic acids is 1. The number of rotatable bonds is 4. The number of aromatic carboxylic acids is 1. The number of hydrogen-bond acceptors (Lipinski definition) is 3. The Labute approximate surface area is 119 Å². The molecular formula is C15H12N2O2S. The summed E-state index contributed by atoms with van der Waals surface area (Å²) < 4.78 is 0. The summed E-state index contributed by atoms with van der Waals surface area (Å²) in [5.74, 6) is 0.549. The highest BCUT2D eigenvalue weighted by Gasteiger charge is 2.10. The second-order valence-corrected chi connectivity index (χ2v) is 5.31. The van der Waals surface area contributed by atoms with Crippen molar-refractivity contribution in [3.05, 3.63) is 59.9 Å². The average Bonchev–Trinajstić information content (AvgIpc) is 2.88. The van der Waals surface area contributed by atoms with Gasteiger partial charge < -0.3 is 10.1 Å². The molecular weight excluding hydrogens is 272 g/mol. The monoisotopic (exact) mass is 284 g/mol. The summed E-state index contributed by atoms with van der Waals surface area (Å²) in [5, 5.41) is 9.14. The van der Waals surface area contributed by atoms with Gasteiger partial charge in [0.05, 0.1) is 22.3 Å². The topological polar surface area (TPSA) is 66.0 Å².